The number of carbonyl (C=O) groups is 1. The Kier molecular flexibility index (Phi) is 3.72. The summed E-state index contributed by atoms with van der Waals surface area (Å²) in [5.74, 6) is -0.177. The van der Waals surface area contributed by atoms with Gasteiger partial charge in [0.2, 0.25) is 0 Å². The van der Waals surface area contributed by atoms with Crippen LogP contribution in [0.2, 0.25) is 0 Å². The number of hydrogen-bond donors (Lipinski definition) is 2. The van der Waals surface area contributed by atoms with Gasteiger partial charge in [0.25, 0.3) is 5.91 Å². The summed E-state index contributed by atoms with van der Waals surface area (Å²) >= 11 is 0. The highest BCUT2D eigenvalue weighted by Crippen LogP contribution is 2.38. The fraction of sp³-hybridized carbons (Fsp3) is 0.278. The Morgan fingerprint density at radius 2 is 1.77 bits per heavy atom. The highest BCUT2D eigenvalue weighted by Gasteiger charge is 2.39. The van der Waals surface area contributed by atoms with Crippen molar-refractivity contribution in [1.82, 2.24) is 0 Å². The number of aliphatic hydroxyl groups excluding tert-OH is 2. The number of rotatable bonds is 1. The molecule has 1 heterocycles. The normalized spacial score (nSPS) is 24.0. The predicted octanol–water partition coefficient (Wildman–Crippen LogP) is 2.44. The molecule has 2 N–H and O–H groups in total. The SMILES string of the molecule is Cc1ccc2c(c1)C(O)C(O)[C@@H](C)N2C(=O)c1ccccc1. The Morgan fingerprint density at radius 1 is 1.09 bits per heavy atom. The van der Waals surface area contributed by atoms with E-state index in [4.69, 9.17) is 0 Å². The zero-order valence-corrected chi connectivity index (χ0v) is 12.6. The van der Waals surface area contributed by atoms with Crippen LogP contribution in [0.1, 0.15) is 34.5 Å². The molecule has 3 rings (SSSR count). The van der Waals surface area contributed by atoms with Gasteiger partial charge < -0.3 is 15.1 Å². The first kappa shape index (κ1) is 14.8. The lowest BCUT2D eigenvalue weighted by Gasteiger charge is -2.41. The summed E-state index contributed by atoms with van der Waals surface area (Å²) in [5.41, 5.74) is 2.79. The molecule has 0 aromatic heterocycles. The van der Waals surface area contributed by atoms with E-state index in [9.17, 15) is 15.0 Å². The van der Waals surface area contributed by atoms with Crippen molar-refractivity contribution in [3.05, 3.63) is 65.2 Å². The maximum atomic E-state index is 12.8. The lowest BCUT2D eigenvalue weighted by molar-refractivity contribution is -0.00107. The van der Waals surface area contributed by atoms with Crippen molar-refractivity contribution < 1.29 is 15.0 Å². The summed E-state index contributed by atoms with van der Waals surface area (Å²) in [6.45, 7) is 3.66. The van der Waals surface area contributed by atoms with Gasteiger partial charge in [0.15, 0.2) is 0 Å². The van der Waals surface area contributed by atoms with Crippen molar-refractivity contribution in [2.75, 3.05) is 4.90 Å². The number of nitrogens with zero attached hydrogens (tertiary/aromatic N) is 1. The number of anilines is 1. The van der Waals surface area contributed by atoms with Crippen molar-refractivity contribution in [3.8, 4) is 0 Å². The molecule has 0 saturated carbocycles. The van der Waals surface area contributed by atoms with Gasteiger partial charge in [0.05, 0.1) is 11.7 Å². The van der Waals surface area contributed by atoms with Gasteiger partial charge in [-0.2, -0.15) is 0 Å². The zero-order valence-electron chi connectivity index (χ0n) is 12.6. The average molecular weight is 297 g/mol. The molecule has 0 saturated heterocycles. The summed E-state index contributed by atoms with van der Waals surface area (Å²) < 4.78 is 0. The van der Waals surface area contributed by atoms with Gasteiger partial charge in [-0.25, -0.2) is 0 Å². The number of hydrogen-bond acceptors (Lipinski definition) is 3. The number of fused-ring (bicyclic) bond motifs is 1. The van der Waals surface area contributed by atoms with Crippen LogP contribution < -0.4 is 4.90 Å². The van der Waals surface area contributed by atoms with Crippen LogP contribution in [0.4, 0.5) is 5.69 Å². The number of aliphatic hydroxyl groups is 2. The average Bonchev–Trinajstić information content (AvgIpc) is 2.54. The number of benzene rings is 2. The van der Waals surface area contributed by atoms with Gasteiger partial charge in [-0.05, 0) is 32.0 Å². The van der Waals surface area contributed by atoms with Crippen LogP contribution in [0.3, 0.4) is 0 Å². The number of carbonyl (C=O) groups excluding carboxylic acids is 1. The van der Waals surface area contributed by atoms with Gasteiger partial charge in [-0.1, -0.05) is 35.9 Å². The molecule has 0 fully saturated rings. The molecule has 0 aliphatic carbocycles. The van der Waals surface area contributed by atoms with Crippen molar-refractivity contribution in [2.24, 2.45) is 0 Å². The van der Waals surface area contributed by atoms with E-state index in [0.29, 0.717) is 16.8 Å². The largest absolute Gasteiger partial charge is 0.388 e. The van der Waals surface area contributed by atoms with Crippen molar-refractivity contribution in [3.63, 3.8) is 0 Å². The summed E-state index contributed by atoms with van der Waals surface area (Å²) in [5, 5.41) is 20.6. The second-order valence-electron chi connectivity index (χ2n) is 5.78. The van der Waals surface area contributed by atoms with E-state index in [1.54, 1.807) is 24.0 Å². The monoisotopic (exact) mass is 297 g/mol. The van der Waals surface area contributed by atoms with E-state index in [-0.39, 0.29) is 5.91 Å². The lowest BCUT2D eigenvalue weighted by atomic mass is 9.89. The van der Waals surface area contributed by atoms with Crippen LogP contribution in [0.5, 0.6) is 0 Å². The molecular weight excluding hydrogens is 278 g/mol. The van der Waals surface area contributed by atoms with E-state index in [1.807, 2.05) is 43.3 Å². The molecule has 114 valence electrons. The van der Waals surface area contributed by atoms with E-state index >= 15 is 0 Å². The number of amides is 1. The summed E-state index contributed by atoms with van der Waals surface area (Å²) in [4.78, 5) is 14.4. The molecule has 4 heteroatoms. The quantitative estimate of drug-likeness (QED) is 0.850. The third-order valence-corrected chi connectivity index (χ3v) is 4.23. The van der Waals surface area contributed by atoms with E-state index in [1.165, 1.54) is 0 Å². The molecule has 0 spiro atoms. The highest BCUT2D eigenvalue weighted by molar-refractivity contribution is 6.07. The Hall–Kier alpha value is -2.17. The molecular formula is C18H19NO3. The third-order valence-electron chi connectivity index (χ3n) is 4.23. The molecule has 2 aromatic rings. The predicted molar refractivity (Wildman–Crippen MR) is 84.9 cm³/mol. The molecule has 22 heavy (non-hydrogen) atoms. The summed E-state index contributed by atoms with van der Waals surface area (Å²) in [6.07, 6.45) is -1.99. The maximum absolute atomic E-state index is 12.8. The van der Waals surface area contributed by atoms with E-state index < -0.39 is 18.2 Å². The fourth-order valence-electron chi connectivity index (χ4n) is 2.96. The summed E-state index contributed by atoms with van der Waals surface area (Å²) in [7, 11) is 0. The number of aryl methyl sites for hydroxylation is 1. The molecule has 1 aliphatic rings. The maximum Gasteiger partial charge on any atom is 0.258 e. The lowest BCUT2D eigenvalue weighted by Crippen LogP contribution is -2.51. The van der Waals surface area contributed by atoms with Crippen LogP contribution in [0.15, 0.2) is 48.5 Å². The van der Waals surface area contributed by atoms with E-state index in [2.05, 4.69) is 0 Å². The minimum absolute atomic E-state index is 0.177. The second kappa shape index (κ2) is 5.55. The Bertz CT molecular complexity index is 699. The third kappa shape index (κ3) is 2.30. The standard InChI is InChI=1S/C18H19NO3/c1-11-8-9-15-14(10-11)17(21)16(20)12(2)19(15)18(22)13-6-4-3-5-7-13/h3-10,12,16-17,20-21H,1-2H3/t12-,16?,17?/m1/s1. The molecule has 1 aliphatic heterocycles. The highest BCUT2D eigenvalue weighted by atomic mass is 16.3. The minimum atomic E-state index is -1.01. The minimum Gasteiger partial charge on any atom is -0.388 e. The van der Waals surface area contributed by atoms with Crippen molar-refractivity contribution >= 4 is 11.6 Å². The second-order valence-corrected chi connectivity index (χ2v) is 5.78. The topological polar surface area (TPSA) is 60.8 Å². The Balaban J connectivity index is 2.11. The van der Waals surface area contributed by atoms with Gasteiger partial charge in [-0.15, -0.1) is 0 Å². The van der Waals surface area contributed by atoms with Gasteiger partial charge >= 0.3 is 0 Å². The summed E-state index contributed by atoms with van der Waals surface area (Å²) in [6, 6.07) is 14.0. The first-order chi connectivity index (χ1) is 10.5. The molecule has 1 amide bonds. The van der Waals surface area contributed by atoms with Gasteiger partial charge in [-0.3, -0.25) is 4.79 Å². The van der Waals surface area contributed by atoms with Crippen LogP contribution in [-0.4, -0.2) is 28.3 Å². The van der Waals surface area contributed by atoms with Crippen molar-refractivity contribution in [2.45, 2.75) is 32.1 Å². The first-order valence-corrected chi connectivity index (χ1v) is 7.36. The molecule has 2 unspecified atom stereocenters. The van der Waals surface area contributed by atoms with Crippen molar-refractivity contribution in [1.29, 1.82) is 0 Å². The Labute approximate surface area is 129 Å². The fourth-order valence-corrected chi connectivity index (χ4v) is 2.96. The molecule has 0 bridgehead atoms. The van der Waals surface area contributed by atoms with Crippen LogP contribution in [0.25, 0.3) is 0 Å². The van der Waals surface area contributed by atoms with Gasteiger partial charge in [0, 0.05) is 11.1 Å². The molecule has 3 atom stereocenters. The first-order valence-electron chi connectivity index (χ1n) is 7.36. The van der Waals surface area contributed by atoms with Crippen LogP contribution >= 0.6 is 0 Å². The Morgan fingerprint density at radius 3 is 2.45 bits per heavy atom. The smallest absolute Gasteiger partial charge is 0.258 e. The van der Waals surface area contributed by atoms with E-state index in [0.717, 1.165) is 5.56 Å². The molecule has 4 nitrogen and oxygen atoms in total. The molecule has 2 aromatic carbocycles. The van der Waals surface area contributed by atoms with Crippen LogP contribution in [-0.2, 0) is 0 Å². The molecule has 0 radical (unpaired) electrons. The zero-order chi connectivity index (χ0) is 15.9. The van der Waals surface area contributed by atoms with Crippen LogP contribution in [0, 0.1) is 6.92 Å². The van der Waals surface area contributed by atoms with Gasteiger partial charge in [0.1, 0.15) is 12.2 Å².